The Morgan fingerprint density at radius 1 is 1.09 bits per heavy atom. The largest absolute Gasteiger partial charge is 0.493 e. The van der Waals surface area contributed by atoms with Crippen LogP contribution in [0, 0.1) is 0 Å². The Hall–Kier alpha value is -2.69. The summed E-state index contributed by atoms with van der Waals surface area (Å²) in [5, 5.41) is 9.38. The van der Waals surface area contributed by atoms with Gasteiger partial charge < -0.3 is 19.3 Å². The molecule has 0 aromatic heterocycles. The van der Waals surface area contributed by atoms with Gasteiger partial charge in [-0.1, -0.05) is 6.07 Å². The zero-order valence-electron chi connectivity index (χ0n) is 12.4. The van der Waals surface area contributed by atoms with E-state index in [9.17, 15) is 9.90 Å². The first-order valence-electron chi connectivity index (χ1n) is 6.89. The Bertz CT molecular complexity index is 736. The minimum absolute atomic E-state index is 0.194. The number of benzene rings is 2. The van der Waals surface area contributed by atoms with E-state index in [1.165, 1.54) is 0 Å². The molecule has 0 amide bonds. The molecule has 5 heteroatoms. The Morgan fingerprint density at radius 3 is 2.55 bits per heavy atom. The summed E-state index contributed by atoms with van der Waals surface area (Å²) in [4.78, 5) is 11.4. The van der Waals surface area contributed by atoms with Gasteiger partial charge in [0.1, 0.15) is 11.3 Å². The number of rotatable bonds is 4. The Balaban J connectivity index is 2.13. The summed E-state index contributed by atoms with van der Waals surface area (Å²) >= 11 is 0. The van der Waals surface area contributed by atoms with E-state index in [1.807, 2.05) is 18.2 Å². The first-order chi connectivity index (χ1) is 10.6. The van der Waals surface area contributed by atoms with Crippen molar-refractivity contribution in [3.05, 3.63) is 41.5 Å². The molecule has 0 spiro atoms. The molecule has 22 heavy (non-hydrogen) atoms. The topological polar surface area (TPSA) is 65.0 Å². The Kier molecular flexibility index (Phi) is 3.63. The standard InChI is InChI=1S/C17H16O5/c1-20-14-4-3-10(9-15(14)21-2)12-7-11-5-6-22-16(11)13(8-12)17(18)19/h3-4,7-9H,5-6H2,1-2H3,(H,18,19). The van der Waals surface area contributed by atoms with Gasteiger partial charge in [0.2, 0.25) is 0 Å². The van der Waals surface area contributed by atoms with Crippen LogP contribution in [0.1, 0.15) is 15.9 Å². The third kappa shape index (κ3) is 2.35. The highest BCUT2D eigenvalue weighted by molar-refractivity contribution is 5.93. The average molecular weight is 300 g/mol. The number of methoxy groups -OCH3 is 2. The van der Waals surface area contributed by atoms with Gasteiger partial charge in [-0.25, -0.2) is 4.79 Å². The second-order valence-corrected chi connectivity index (χ2v) is 4.99. The monoisotopic (exact) mass is 300 g/mol. The van der Waals surface area contributed by atoms with Crippen molar-refractivity contribution in [2.75, 3.05) is 20.8 Å². The molecule has 3 rings (SSSR count). The number of aromatic carboxylic acids is 1. The number of hydrogen-bond donors (Lipinski definition) is 1. The van der Waals surface area contributed by atoms with Gasteiger partial charge in [0, 0.05) is 6.42 Å². The molecule has 1 aliphatic heterocycles. The lowest BCUT2D eigenvalue weighted by Gasteiger charge is -2.12. The van der Waals surface area contributed by atoms with Crippen molar-refractivity contribution in [3.63, 3.8) is 0 Å². The minimum atomic E-state index is -0.986. The van der Waals surface area contributed by atoms with Crippen LogP contribution in [0.3, 0.4) is 0 Å². The summed E-state index contributed by atoms with van der Waals surface area (Å²) in [7, 11) is 3.15. The van der Waals surface area contributed by atoms with Gasteiger partial charge >= 0.3 is 5.97 Å². The SMILES string of the molecule is COc1ccc(-c2cc3c(c(C(=O)O)c2)OCC3)cc1OC. The molecule has 2 aromatic carbocycles. The summed E-state index contributed by atoms with van der Waals surface area (Å²) < 4.78 is 16.0. The van der Waals surface area contributed by atoms with E-state index in [4.69, 9.17) is 14.2 Å². The van der Waals surface area contributed by atoms with Crippen molar-refractivity contribution in [1.29, 1.82) is 0 Å². The highest BCUT2D eigenvalue weighted by Crippen LogP contribution is 2.37. The fourth-order valence-electron chi connectivity index (χ4n) is 2.65. The summed E-state index contributed by atoms with van der Waals surface area (Å²) in [5.41, 5.74) is 2.81. The van der Waals surface area contributed by atoms with Crippen molar-refractivity contribution in [2.45, 2.75) is 6.42 Å². The van der Waals surface area contributed by atoms with Gasteiger partial charge in [-0.15, -0.1) is 0 Å². The summed E-state index contributed by atoms with van der Waals surface area (Å²) in [6.07, 6.45) is 0.719. The number of ether oxygens (including phenoxy) is 3. The van der Waals surface area contributed by atoms with Crippen LogP contribution in [0.15, 0.2) is 30.3 Å². The molecule has 0 bridgehead atoms. The predicted molar refractivity (Wildman–Crippen MR) is 81.1 cm³/mol. The minimum Gasteiger partial charge on any atom is -0.493 e. The van der Waals surface area contributed by atoms with Gasteiger partial charge in [-0.05, 0) is 41.0 Å². The summed E-state index contributed by atoms with van der Waals surface area (Å²) in [6.45, 7) is 0.519. The number of fused-ring (bicyclic) bond motifs is 1. The first kappa shape index (κ1) is 14.3. The third-order valence-electron chi connectivity index (χ3n) is 3.73. The lowest BCUT2D eigenvalue weighted by molar-refractivity contribution is 0.0693. The van der Waals surface area contributed by atoms with E-state index < -0.39 is 5.97 Å². The van der Waals surface area contributed by atoms with Crippen molar-refractivity contribution in [3.8, 4) is 28.4 Å². The highest BCUT2D eigenvalue weighted by Gasteiger charge is 2.22. The van der Waals surface area contributed by atoms with Gasteiger partial charge in [0.05, 0.1) is 20.8 Å². The van der Waals surface area contributed by atoms with E-state index in [1.54, 1.807) is 26.4 Å². The van der Waals surface area contributed by atoms with Crippen molar-refractivity contribution < 1.29 is 24.1 Å². The van der Waals surface area contributed by atoms with E-state index in [0.717, 1.165) is 23.1 Å². The van der Waals surface area contributed by atoms with Crippen LogP contribution in [-0.4, -0.2) is 31.9 Å². The molecule has 0 unspecified atom stereocenters. The fourth-order valence-corrected chi connectivity index (χ4v) is 2.65. The number of carbonyl (C=O) groups is 1. The van der Waals surface area contributed by atoms with E-state index in [2.05, 4.69) is 0 Å². The number of carboxylic acids is 1. The predicted octanol–water partition coefficient (Wildman–Crippen LogP) is 3.00. The third-order valence-corrected chi connectivity index (χ3v) is 3.73. The molecule has 0 aliphatic carbocycles. The molecule has 114 valence electrons. The molecule has 1 aliphatic rings. The molecule has 1 N–H and O–H groups in total. The van der Waals surface area contributed by atoms with Gasteiger partial charge in [0.15, 0.2) is 11.5 Å². The lowest BCUT2D eigenvalue weighted by atomic mass is 9.98. The highest BCUT2D eigenvalue weighted by atomic mass is 16.5. The molecule has 0 fully saturated rings. The number of hydrogen-bond acceptors (Lipinski definition) is 4. The second-order valence-electron chi connectivity index (χ2n) is 4.99. The molecule has 2 aromatic rings. The van der Waals surface area contributed by atoms with Crippen LogP contribution in [0.5, 0.6) is 17.2 Å². The Labute approximate surface area is 128 Å². The van der Waals surface area contributed by atoms with E-state index in [-0.39, 0.29) is 5.56 Å². The van der Waals surface area contributed by atoms with Crippen molar-refractivity contribution in [1.82, 2.24) is 0 Å². The first-order valence-corrected chi connectivity index (χ1v) is 6.89. The molecule has 0 radical (unpaired) electrons. The van der Waals surface area contributed by atoms with Crippen LogP contribution in [0.4, 0.5) is 0 Å². The van der Waals surface area contributed by atoms with E-state index >= 15 is 0 Å². The van der Waals surface area contributed by atoms with Crippen LogP contribution in [0.2, 0.25) is 0 Å². The zero-order valence-corrected chi connectivity index (χ0v) is 12.4. The molecule has 1 heterocycles. The molecule has 0 saturated heterocycles. The van der Waals surface area contributed by atoms with Gasteiger partial charge in [0.25, 0.3) is 0 Å². The van der Waals surface area contributed by atoms with Gasteiger partial charge in [-0.2, -0.15) is 0 Å². The smallest absolute Gasteiger partial charge is 0.339 e. The van der Waals surface area contributed by atoms with Crippen molar-refractivity contribution >= 4 is 5.97 Å². The molecule has 0 saturated carbocycles. The average Bonchev–Trinajstić information content (AvgIpc) is 3.01. The fraction of sp³-hybridized carbons (Fsp3) is 0.235. The molecular formula is C17H16O5. The quantitative estimate of drug-likeness (QED) is 0.940. The summed E-state index contributed by atoms with van der Waals surface area (Å²) in [6, 6.07) is 9.12. The molecular weight excluding hydrogens is 284 g/mol. The molecule has 0 atom stereocenters. The maximum Gasteiger partial charge on any atom is 0.339 e. The molecule has 5 nitrogen and oxygen atoms in total. The Morgan fingerprint density at radius 2 is 1.86 bits per heavy atom. The van der Waals surface area contributed by atoms with Crippen LogP contribution in [-0.2, 0) is 6.42 Å². The number of carboxylic acid groups (broad SMARTS) is 1. The lowest BCUT2D eigenvalue weighted by Crippen LogP contribution is -2.00. The van der Waals surface area contributed by atoms with Crippen LogP contribution < -0.4 is 14.2 Å². The maximum absolute atomic E-state index is 11.4. The maximum atomic E-state index is 11.4. The van der Waals surface area contributed by atoms with Crippen molar-refractivity contribution in [2.24, 2.45) is 0 Å². The summed E-state index contributed by atoms with van der Waals surface area (Å²) in [5.74, 6) is 0.736. The normalized spacial score (nSPS) is 12.5. The zero-order chi connectivity index (χ0) is 15.7. The van der Waals surface area contributed by atoms with Crippen LogP contribution in [0.25, 0.3) is 11.1 Å². The van der Waals surface area contributed by atoms with E-state index in [0.29, 0.717) is 23.9 Å². The second kappa shape index (κ2) is 5.60. The van der Waals surface area contributed by atoms with Crippen LogP contribution >= 0.6 is 0 Å². The van der Waals surface area contributed by atoms with Gasteiger partial charge in [-0.3, -0.25) is 0 Å².